The molecular formula is C24H29N5O. The normalized spacial score (nSPS) is 15.0. The van der Waals surface area contributed by atoms with Gasteiger partial charge in [-0.1, -0.05) is 50.2 Å². The summed E-state index contributed by atoms with van der Waals surface area (Å²) >= 11 is 0. The number of phenols is 1. The number of piperazine rings is 1. The van der Waals surface area contributed by atoms with Crippen LogP contribution in [0.15, 0.2) is 54.6 Å². The number of hydrogen-bond acceptors (Lipinski definition) is 6. The van der Waals surface area contributed by atoms with Gasteiger partial charge in [0.1, 0.15) is 5.75 Å². The Kier molecular flexibility index (Phi) is 5.86. The molecule has 30 heavy (non-hydrogen) atoms. The number of hydrogen-bond donors (Lipinski definition) is 2. The van der Waals surface area contributed by atoms with Crippen LogP contribution in [0.2, 0.25) is 0 Å². The molecule has 1 saturated heterocycles. The van der Waals surface area contributed by atoms with E-state index in [4.69, 9.17) is 5.73 Å². The first-order valence-corrected chi connectivity index (χ1v) is 10.5. The molecule has 0 bridgehead atoms. The van der Waals surface area contributed by atoms with E-state index in [0.717, 1.165) is 38.4 Å². The van der Waals surface area contributed by atoms with Gasteiger partial charge in [-0.05, 0) is 35.2 Å². The van der Waals surface area contributed by atoms with Crippen LogP contribution in [0.25, 0.3) is 11.3 Å². The Bertz CT molecular complexity index is 995. The lowest BCUT2D eigenvalue weighted by Crippen LogP contribution is -2.46. The fraction of sp³-hybridized carbons (Fsp3) is 0.333. The molecule has 0 spiro atoms. The highest BCUT2D eigenvalue weighted by Crippen LogP contribution is 2.31. The Morgan fingerprint density at radius 3 is 2.33 bits per heavy atom. The molecule has 0 aliphatic carbocycles. The van der Waals surface area contributed by atoms with Crippen molar-refractivity contribution in [1.29, 1.82) is 0 Å². The lowest BCUT2D eigenvalue weighted by molar-refractivity contribution is 0.250. The van der Waals surface area contributed by atoms with Crippen molar-refractivity contribution in [1.82, 2.24) is 15.1 Å². The van der Waals surface area contributed by atoms with E-state index in [1.165, 1.54) is 11.1 Å². The molecule has 2 aromatic carbocycles. The fourth-order valence-corrected chi connectivity index (χ4v) is 3.88. The van der Waals surface area contributed by atoms with Gasteiger partial charge in [0.15, 0.2) is 5.82 Å². The molecule has 0 radical (unpaired) electrons. The molecule has 1 aliphatic heterocycles. The Hall–Kier alpha value is -3.12. The fourth-order valence-electron chi connectivity index (χ4n) is 3.88. The number of nitrogens with zero attached hydrogens (tertiary/aromatic N) is 4. The van der Waals surface area contributed by atoms with Crippen LogP contribution in [0.4, 0.5) is 11.5 Å². The molecule has 1 aromatic heterocycles. The number of phenolic OH excluding ortho intramolecular Hbond substituents is 1. The maximum atomic E-state index is 10.1. The highest BCUT2D eigenvalue weighted by Gasteiger charge is 2.21. The highest BCUT2D eigenvalue weighted by molar-refractivity contribution is 5.74. The van der Waals surface area contributed by atoms with Gasteiger partial charge in [-0.2, -0.15) is 0 Å². The van der Waals surface area contributed by atoms with Crippen molar-refractivity contribution < 1.29 is 5.11 Å². The van der Waals surface area contributed by atoms with E-state index in [1.807, 2.05) is 18.2 Å². The maximum absolute atomic E-state index is 10.1. The van der Waals surface area contributed by atoms with E-state index in [9.17, 15) is 5.11 Å². The summed E-state index contributed by atoms with van der Waals surface area (Å²) in [5.74, 6) is 1.17. The quantitative estimate of drug-likeness (QED) is 0.673. The summed E-state index contributed by atoms with van der Waals surface area (Å²) in [6.45, 7) is 9.07. The molecule has 156 valence electrons. The minimum Gasteiger partial charge on any atom is -0.507 e. The monoisotopic (exact) mass is 403 g/mol. The van der Waals surface area contributed by atoms with E-state index < -0.39 is 0 Å². The molecule has 2 heterocycles. The summed E-state index contributed by atoms with van der Waals surface area (Å²) in [7, 11) is 0. The van der Waals surface area contributed by atoms with Crippen molar-refractivity contribution in [2.24, 2.45) is 0 Å². The Morgan fingerprint density at radius 1 is 0.967 bits per heavy atom. The molecular weight excluding hydrogens is 374 g/mol. The molecule has 6 nitrogen and oxygen atoms in total. The number of nitrogen functional groups attached to an aromatic ring is 1. The van der Waals surface area contributed by atoms with Gasteiger partial charge >= 0.3 is 0 Å². The number of aromatic nitrogens is 2. The van der Waals surface area contributed by atoms with Crippen LogP contribution in [0, 0.1) is 0 Å². The minimum atomic E-state index is 0.191. The molecule has 4 rings (SSSR count). The number of benzene rings is 2. The number of anilines is 2. The topological polar surface area (TPSA) is 78.5 Å². The van der Waals surface area contributed by atoms with Crippen LogP contribution >= 0.6 is 0 Å². The van der Waals surface area contributed by atoms with Crippen molar-refractivity contribution in [3.05, 3.63) is 65.7 Å². The summed E-state index contributed by atoms with van der Waals surface area (Å²) in [5.41, 5.74) is 11.0. The number of para-hydroxylation sites is 1. The Labute approximate surface area is 178 Å². The molecule has 0 saturated carbocycles. The van der Waals surface area contributed by atoms with Gasteiger partial charge in [-0.3, -0.25) is 4.90 Å². The third-order valence-electron chi connectivity index (χ3n) is 5.75. The van der Waals surface area contributed by atoms with Gasteiger partial charge in [-0.15, -0.1) is 10.2 Å². The predicted octanol–water partition coefficient (Wildman–Crippen LogP) is 3.88. The van der Waals surface area contributed by atoms with Gasteiger partial charge in [0.25, 0.3) is 0 Å². The summed E-state index contributed by atoms with van der Waals surface area (Å²) in [4.78, 5) is 4.72. The van der Waals surface area contributed by atoms with E-state index in [0.29, 0.717) is 23.0 Å². The minimum absolute atomic E-state index is 0.191. The second kappa shape index (κ2) is 8.71. The van der Waals surface area contributed by atoms with Crippen LogP contribution in [0.5, 0.6) is 5.75 Å². The van der Waals surface area contributed by atoms with E-state index in [1.54, 1.807) is 12.1 Å². The number of aromatic hydroxyl groups is 1. The smallest absolute Gasteiger partial charge is 0.169 e. The zero-order chi connectivity index (χ0) is 21.1. The van der Waals surface area contributed by atoms with Crippen LogP contribution in [0.3, 0.4) is 0 Å². The lowest BCUT2D eigenvalue weighted by atomic mass is 10.0. The van der Waals surface area contributed by atoms with Crippen molar-refractivity contribution in [3.8, 4) is 17.0 Å². The molecule has 0 atom stereocenters. The molecule has 1 fully saturated rings. The van der Waals surface area contributed by atoms with E-state index in [2.05, 4.69) is 58.1 Å². The van der Waals surface area contributed by atoms with Crippen LogP contribution in [-0.4, -0.2) is 46.4 Å². The zero-order valence-electron chi connectivity index (χ0n) is 17.6. The largest absolute Gasteiger partial charge is 0.507 e. The first kappa shape index (κ1) is 20.2. The number of nitrogens with two attached hydrogens (primary N) is 1. The maximum Gasteiger partial charge on any atom is 0.169 e. The molecule has 3 aromatic rings. The lowest BCUT2D eigenvalue weighted by Gasteiger charge is -2.36. The standard InChI is InChI=1S/C24H29N5O/c1-17(2)19-9-7-18(8-10-19)16-28-11-13-29(14-12-28)22-15-21(26-27-24(22)25)20-5-3-4-6-23(20)30/h3-10,15,17,30H,11-14,16H2,1-2H3,(H2,25,27). The highest BCUT2D eigenvalue weighted by atomic mass is 16.3. The van der Waals surface area contributed by atoms with Gasteiger partial charge < -0.3 is 15.7 Å². The molecule has 0 unspecified atom stereocenters. The van der Waals surface area contributed by atoms with Crippen LogP contribution < -0.4 is 10.6 Å². The van der Waals surface area contributed by atoms with E-state index >= 15 is 0 Å². The van der Waals surface area contributed by atoms with Gasteiger partial charge in [0.05, 0.1) is 11.4 Å². The average molecular weight is 404 g/mol. The summed E-state index contributed by atoms with van der Waals surface area (Å²) in [5, 5.41) is 18.5. The van der Waals surface area contributed by atoms with Gasteiger partial charge in [0, 0.05) is 38.3 Å². The molecule has 3 N–H and O–H groups in total. The van der Waals surface area contributed by atoms with Crippen molar-refractivity contribution in [2.75, 3.05) is 36.8 Å². The second-order valence-corrected chi connectivity index (χ2v) is 8.18. The molecule has 0 amide bonds. The third-order valence-corrected chi connectivity index (χ3v) is 5.75. The summed E-state index contributed by atoms with van der Waals surface area (Å²) in [6, 6.07) is 18.0. The average Bonchev–Trinajstić information content (AvgIpc) is 2.76. The van der Waals surface area contributed by atoms with Crippen molar-refractivity contribution in [2.45, 2.75) is 26.3 Å². The second-order valence-electron chi connectivity index (χ2n) is 8.18. The predicted molar refractivity (Wildman–Crippen MR) is 122 cm³/mol. The van der Waals surface area contributed by atoms with Gasteiger partial charge in [-0.25, -0.2) is 0 Å². The Morgan fingerprint density at radius 2 is 1.67 bits per heavy atom. The molecule has 1 aliphatic rings. The SMILES string of the molecule is CC(C)c1ccc(CN2CCN(c3cc(-c4ccccc4O)nnc3N)CC2)cc1. The zero-order valence-corrected chi connectivity index (χ0v) is 17.6. The Balaban J connectivity index is 1.42. The number of rotatable bonds is 5. The third kappa shape index (κ3) is 4.39. The van der Waals surface area contributed by atoms with E-state index in [-0.39, 0.29) is 5.75 Å². The molecule has 6 heteroatoms. The van der Waals surface area contributed by atoms with Crippen LogP contribution in [0.1, 0.15) is 30.9 Å². The summed E-state index contributed by atoms with van der Waals surface area (Å²) < 4.78 is 0. The first-order valence-electron chi connectivity index (χ1n) is 10.5. The van der Waals surface area contributed by atoms with Crippen LogP contribution in [-0.2, 0) is 6.54 Å². The first-order chi connectivity index (χ1) is 14.5. The summed E-state index contributed by atoms with van der Waals surface area (Å²) in [6.07, 6.45) is 0. The van der Waals surface area contributed by atoms with Crippen molar-refractivity contribution in [3.63, 3.8) is 0 Å². The van der Waals surface area contributed by atoms with Gasteiger partial charge in [0.2, 0.25) is 0 Å². The van der Waals surface area contributed by atoms with Crippen molar-refractivity contribution >= 4 is 11.5 Å².